The van der Waals surface area contributed by atoms with Crippen LogP contribution in [0.2, 0.25) is 0 Å². The number of rotatable bonds is 2. The van der Waals surface area contributed by atoms with Crippen molar-refractivity contribution in [3.8, 4) is 5.75 Å². The van der Waals surface area contributed by atoms with Gasteiger partial charge in [-0.2, -0.15) is 0 Å². The molecule has 0 aliphatic carbocycles. The highest BCUT2D eigenvalue weighted by molar-refractivity contribution is 5.85. The summed E-state index contributed by atoms with van der Waals surface area (Å²) in [4.78, 5) is 11.4. The summed E-state index contributed by atoms with van der Waals surface area (Å²) >= 11 is 0. The van der Waals surface area contributed by atoms with Crippen molar-refractivity contribution in [1.82, 2.24) is 5.32 Å². The van der Waals surface area contributed by atoms with Gasteiger partial charge >= 0.3 is 0 Å². The minimum absolute atomic E-state index is 0.0286. The van der Waals surface area contributed by atoms with E-state index in [1.165, 1.54) is 0 Å². The molecule has 0 bridgehead atoms. The maximum Gasteiger partial charge on any atom is 0.227 e. The molecule has 3 nitrogen and oxygen atoms in total. The van der Waals surface area contributed by atoms with Crippen LogP contribution < -0.4 is 10.1 Å². The third kappa shape index (κ3) is 1.58. The molecule has 1 aromatic rings. The quantitative estimate of drug-likeness (QED) is 0.765. The number of hydrogen-bond acceptors (Lipinski definition) is 2. The molecule has 1 N–H and O–H groups in total. The Hall–Kier alpha value is -1.51. The zero-order valence-corrected chi connectivity index (χ0v) is 8.12. The largest absolute Gasteiger partial charge is 0.497 e. The van der Waals surface area contributed by atoms with Gasteiger partial charge in [0.25, 0.3) is 0 Å². The van der Waals surface area contributed by atoms with Gasteiger partial charge in [0.15, 0.2) is 0 Å². The van der Waals surface area contributed by atoms with Crippen molar-refractivity contribution in [2.24, 2.45) is 0 Å². The lowest BCUT2D eigenvalue weighted by atomic mass is 9.98. The van der Waals surface area contributed by atoms with Gasteiger partial charge in [-0.1, -0.05) is 12.1 Å². The Morgan fingerprint density at radius 1 is 1.36 bits per heavy atom. The van der Waals surface area contributed by atoms with E-state index in [-0.39, 0.29) is 11.8 Å². The highest BCUT2D eigenvalue weighted by Gasteiger charge is 2.25. The van der Waals surface area contributed by atoms with E-state index in [0.717, 1.165) is 24.3 Å². The minimum atomic E-state index is 0.0286. The second kappa shape index (κ2) is 3.70. The molecule has 1 aliphatic rings. The third-order valence-corrected chi connectivity index (χ3v) is 2.57. The standard InChI is InChI=1S/C11H13NO2/c1-14-9-4-2-8(3-5-9)10-6-7-12-11(10)13/h2-5,10H,6-7H2,1H3,(H,12,13)/t10-/m1/s1. The molecule has 1 aliphatic heterocycles. The summed E-state index contributed by atoms with van der Waals surface area (Å²) in [5.41, 5.74) is 1.07. The Morgan fingerprint density at radius 2 is 2.07 bits per heavy atom. The monoisotopic (exact) mass is 191 g/mol. The number of methoxy groups -OCH3 is 1. The number of amides is 1. The third-order valence-electron chi connectivity index (χ3n) is 2.57. The first kappa shape index (κ1) is 9.06. The van der Waals surface area contributed by atoms with E-state index >= 15 is 0 Å². The molecule has 2 rings (SSSR count). The molecule has 0 saturated carbocycles. The van der Waals surface area contributed by atoms with E-state index in [1.54, 1.807) is 7.11 Å². The first-order chi connectivity index (χ1) is 6.81. The van der Waals surface area contributed by atoms with Crippen molar-refractivity contribution in [3.05, 3.63) is 29.8 Å². The molecule has 74 valence electrons. The van der Waals surface area contributed by atoms with E-state index in [4.69, 9.17) is 4.74 Å². The maximum absolute atomic E-state index is 11.4. The molecule has 1 aromatic carbocycles. The summed E-state index contributed by atoms with van der Waals surface area (Å²) in [6.07, 6.45) is 0.894. The summed E-state index contributed by atoms with van der Waals surface area (Å²) in [5.74, 6) is 0.989. The van der Waals surface area contributed by atoms with E-state index in [0.29, 0.717) is 0 Å². The van der Waals surface area contributed by atoms with Crippen LogP contribution in [-0.4, -0.2) is 19.6 Å². The smallest absolute Gasteiger partial charge is 0.227 e. The van der Waals surface area contributed by atoms with Crippen LogP contribution in [0.25, 0.3) is 0 Å². The summed E-state index contributed by atoms with van der Waals surface area (Å²) < 4.78 is 5.06. The van der Waals surface area contributed by atoms with Gasteiger partial charge in [-0.25, -0.2) is 0 Å². The van der Waals surface area contributed by atoms with Gasteiger partial charge in [0, 0.05) is 6.54 Å². The SMILES string of the molecule is COc1ccc([C@H]2CCNC2=O)cc1. The molecule has 1 atom stereocenters. The van der Waals surface area contributed by atoms with Gasteiger partial charge in [0.2, 0.25) is 5.91 Å². The number of carbonyl (C=O) groups excluding carboxylic acids is 1. The van der Waals surface area contributed by atoms with E-state index < -0.39 is 0 Å². The molecular formula is C11H13NO2. The second-order valence-electron chi connectivity index (χ2n) is 3.41. The molecule has 1 amide bonds. The molecule has 0 spiro atoms. The maximum atomic E-state index is 11.4. The fourth-order valence-corrected chi connectivity index (χ4v) is 1.75. The van der Waals surface area contributed by atoms with Crippen LogP contribution in [0.5, 0.6) is 5.75 Å². The fourth-order valence-electron chi connectivity index (χ4n) is 1.75. The summed E-state index contributed by atoms with van der Waals surface area (Å²) in [6.45, 7) is 0.787. The summed E-state index contributed by atoms with van der Waals surface area (Å²) in [6, 6.07) is 7.69. The number of hydrogen-bond donors (Lipinski definition) is 1. The zero-order chi connectivity index (χ0) is 9.97. The van der Waals surface area contributed by atoms with Crippen molar-refractivity contribution in [1.29, 1.82) is 0 Å². The average Bonchev–Trinajstić information content (AvgIpc) is 2.65. The number of carbonyl (C=O) groups is 1. The Kier molecular flexibility index (Phi) is 2.39. The van der Waals surface area contributed by atoms with Gasteiger partial charge in [-0.05, 0) is 24.1 Å². The van der Waals surface area contributed by atoms with Crippen LogP contribution in [0.3, 0.4) is 0 Å². The number of ether oxygens (including phenoxy) is 1. The Labute approximate surface area is 83.1 Å². The molecular weight excluding hydrogens is 178 g/mol. The molecule has 0 aromatic heterocycles. The lowest BCUT2D eigenvalue weighted by molar-refractivity contribution is -0.120. The van der Waals surface area contributed by atoms with E-state index in [1.807, 2.05) is 24.3 Å². The van der Waals surface area contributed by atoms with Crippen LogP contribution in [-0.2, 0) is 4.79 Å². The highest BCUT2D eigenvalue weighted by atomic mass is 16.5. The first-order valence-electron chi connectivity index (χ1n) is 4.73. The van der Waals surface area contributed by atoms with Crippen molar-refractivity contribution in [2.45, 2.75) is 12.3 Å². The topological polar surface area (TPSA) is 38.3 Å². The normalized spacial score (nSPS) is 20.6. The van der Waals surface area contributed by atoms with Gasteiger partial charge in [-0.15, -0.1) is 0 Å². The molecule has 14 heavy (non-hydrogen) atoms. The van der Waals surface area contributed by atoms with Crippen LogP contribution in [0.15, 0.2) is 24.3 Å². The average molecular weight is 191 g/mol. The number of nitrogens with one attached hydrogen (secondary N) is 1. The van der Waals surface area contributed by atoms with Gasteiger partial charge < -0.3 is 10.1 Å². The van der Waals surface area contributed by atoms with Gasteiger partial charge in [-0.3, -0.25) is 4.79 Å². The van der Waals surface area contributed by atoms with Crippen molar-refractivity contribution in [2.75, 3.05) is 13.7 Å². The lowest BCUT2D eigenvalue weighted by Gasteiger charge is -2.07. The van der Waals surface area contributed by atoms with E-state index in [2.05, 4.69) is 5.32 Å². The summed E-state index contributed by atoms with van der Waals surface area (Å²) in [5, 5.41) is 2.83. The highest BCUT2D eigenvalue weighted by Crippen LogP contribution is 2.24. The Bertz CT molecular complexity index is 332. The molecule has 1 fully saturated rings. The molecule has 1 heterocycles. The Morgan fingerprint density at radius 3 is 2.57 bits per heavy atom. The lowest BCUT2D eigenvalue weighted by Crippen LogP contribution is -2.17. The predicted molar refractivity (Wildman–Crippen MR) is 53.4 cm³/mol. The molecule has 3 heteroatoms. The zero-order valence-electron chi connectivity index (χ0n) is 8.12. The van der Waals surface area contributed by atoms with Crippen molar-refractivity contribution >= 4 is 5.91 Å². The fraction of sp³-hybridized carbons (Fsp3) is 0.364. The van der Waals surface area contributed by atoms with Gasteiger partial charge in [0.1, 0.15) is 5.75 Å². The second-order valence-corrected chi connectivity index (χ2v) is 3.41. The van der Waals surface area contributed by atoms with Crippen molar-refractivity contribution in [3.63, 3.8) is 0 Å². The Balaban J connectivity index is 2.20. The first-order valence-corrected chi connectivity index (χ1v) is 4.73. The molecule has 1 saturated heterocycles. The van der Waals surface area contributed by atoms with Crippen LogP contribution >= 0.6 is 0 Å². The van der Waals surface area contributed by atoms with Crippen molar-refractivity contribution < 1.29 is 9.53 Å². The molecule has 0 unspecified atom stereocenters. The minimum Gasteiger partial charge on any atom is -0.497 e. The summed E-state index contributed by atoms with van der Waals surface area (Å²) in [7, 11) is 1.64. The van der Waals surface area contributed by atoms with Crippen LogP contribution in [0.4, 0.5) is 0 Å². The van der Waals surface area contributed by atoms with E-state index in [9.17, 15) is 4.79 Å². The predicted octanol–water partition coefficient (Wildman–Crippen LogP) is 1.30. The van der Waals surface area contributed by atoms with Gasteiger partial charge in [0.05, 0.1) is 13.0 Å². The number of benzene rings is 1. The van der Waals surface area contributed by atoms with Crippen LogP contribution in [0.1, 0.15) is 17.9 Å². The molecule has 0 radical (unpaired) electrons. The van der Waals surface area contributed by atoms with Crippen LogP contribution in [0, 0.1) is 0 Å².